The van der Waals surface area contributed by atoms with Crippen LogP contribution in [0, 0.1) is 0 Å². The van der Waals surface area contributed by atoms with E-state index in [0.29, 0.717) is 5.69 Å². The van der Waals surface area contributed by atoms with E-state index in [1.54, 1.807) is 7.48 Å². The van der Waals surface area contributed by atoms with Crippen molar-refractivity contribution in [1.29, 1.82) is 0 Å². The molecular weight excluding hydrogens is 451 g/mol. The number of aryl methyl sites for hydroxylation is 1. The van der Waals surface area contributed by atoms with Crippen molar-refractivity contribution < 1.29 is 18.2 Å². The summed E-state index contributed by atoms with van der Waals surface area (Å²) in [5.41, 5.74) is 2.25. The van der Waals surface area contributed by atoms with Crippen molar-refractivity contribution in [1.82, 2.24) is 4.57 Å². The average Bonchev–Trinajstić information content (AvgIpc) is 3.14. The lowest BCUT2D eigenvalue weighted by Gasteiger charge is -2.38. The quantitative estimate of drug-likeness (QED) is 0.227. The lowest BCUT2D eigenvalue weighted by molar-refractivity contribution is -0.00647. The maximum absolute atomic E-state index is 11.9. The van der Waals surface area contributed by atoms with E-state index in [0.717, 1.165) is 22.7 Å². The highest BCUT2D eigenvalue weighted by atomic mass is 32.1. The molecule has 1 aromatic heterocycles. The fraction of sp³-hybridized carbons (Fsp3) is 0.667. The number of carbonyl (C=O) groups excluding carboxylic acids is 1. The largest absolute Gasteiger partial charge is 0.428 e. The second kappa shape index (κ2) is 16.4. The normalized spacial score (nSPS) is 11.4. The second-order valence-electron chi connectivity index (χ2n) is 8.93. The number of unbranched alkanes of at least 4 members (excludes halogenated alkanes) is 1. The van der Waals surface area contributed by atoms with Gasteiger partial charge in [0.1, 0.15) is 0 Å². The van der Waals surface area contributed by atoms with Gasteiger partial charge in [-0.15, -0.1) is 0 Å². The molecule has 0 aliphatic carbocycles. The molecule has 0 fully saturated rings. The van der Waals surface area contributed by atoms with Crippen LogP contribution in [0.1, 0.15) is 105 Å². The van der Waals surface area contributed by atoms with Gasteiger partial charge in [0.2, 0.25) is 5.92 Å². The maximum Gasteiger partial charge on any atom is 0.330 e. The minimum absolute atomic E-state index is 0.0382. The first-order valence-electron chi connectivity index (χ1n) is 12.3. The summed E-state index contributed by atoms with van der Waals surface area (Å²) in [5, 5.41) is 1.05. The van der Waals surface area contributed by atoms with E-state index in [1.165, 1.54) is 26.7 Å². The van der Waals surface area contributed by atoms with Crippen molar-refractivity contribution in [2.45, 2.75) is 111 Å². The van der Waals surface area contributed by atoms with Crippen LogP contribution in [0.2, 0.25) is 0 Å². The van der Waals surface area contributed by atoms with Gasteiger partial charge in [-0.25, -0.2) is 8.78 Å². The summed E-state index contributed by atoms with van der Waals surface area (Å²) < 4.78 is 31.3. The Morgan fingerprint density at radius 3 is 1.85 bits per heavy atom. The number of alkyl halides is 2. The Hall–Kier alpha value is -1.34. The van der Waals surface area contributed by atoms with E-state index >= 15 is 0 Å². The van der Waals surface area contributed by atoms with Gasteiger partial charge in [0, 0.05) is 35.5 Å². The van der Waals surface area contributed by atoms with Crippen LogP contribution >= 0.6 is 12.6 Å². The van der Waals surface area contributed by atoms with E-state index in [2.05, 4.69) is 26.5 Å². The first kappa shape index (κ1) is 34.8. The molecule has 1 heterocycles. The molecule has 0 unspecified atom stereocenters. The van der Waals surface area contributed by atoms with Gasteiger partial charge in [0.05, 0.1) is 11.3 Å². The predicted molar refractivity (Wildman–Crippen MR) is 149 cm³/mol. The number of thiol groups is 1. The van der Waals surface area contributed by atoms with Crippen LogP contribution in [0.25, 0.3) is 10.9 Å². The first-order valence-corrected chi connectivity index (χ1v) is 12.8. The lowest BCUT2D eigenvalue weighted by atomic mass is 9.83. The standard InChI is InChI=1S/C16H21BNO2S.C5H10F2.C4H10.C2H6/c1-15(2,16(3,4)21)20-17-12-7-6-11-8-13(10-19)18(5)14(11)9-12;1-3-5(6,7)4-2;1-3-4-2;1-2/h6-10,21H,1-5H3;3-4H2,1-2H3;3-4H2,1-2H3;1-2H3. The molecule has 0 spiro atoms. The number of benzene rings is 1. The van der Waals surface area contributed by atoms with Crippen molar-refractivity contribution in [3.63, 3.8) is 0 Å². The van der Waals surface area contributed by atoms with Gasteiger partial charge in [0.15, 0.2) is 6.29 Å². The van der Waals surface area contributed by atoms with Gasteiger partial charge < -0.3 is 9.22 Å². The van der Waals surface area contributed by atoms with Crippen LogP contribution in [0.5, 0.6) is 0 Å². The smallest absolute Gasteiger partial charge is 0.330 e. The van der Waals surface area contributed by atoms with E-state index in [-0.39, 0.29) is 17.6 Å². The molecule has 0 amide bonds. The Balaban J connectivity index is 0. The van der Waals surface area contributed by atoms with E-state index < -0.39 is 11.5 Å². The van der Waals surface area contributed by atoms with Crippen molar-refractivity contribution in [2.75, 3.05) is 0 Å². The molecule has 1 radical (unpaired) electrons. The van der Waals surface area contributed by atoms with Crippen LogP contribution in [0.3, 0.4) is 0 Å². The minimum atomic E-state index is -2.42. The van der Waals surface area contributed by atoms with E-state index in [1.807, 2.05) is 77.4 Å². The third-order valence-corrected chi connectivity index (χ3v) is 6.26. The highest BCUT2D eigenvalue weighted by Gasteiger charge is 2.34. The third kappa shape index (κ3) is 11.9. The first-order chi connectivity index (χ1) is 15.7. The van der Waals surface area contributed by atoms with Crippen molar-refractivity contribution in [3.8, 4) is 0 Å². The third-order valence-electron chi connectivity index (χ3n) is 5.72. The summed E-state index contributed by atoms with van der Waals surface area (Å²) in [5.74, 6) is -2.42. The van der Waals surface area contributed by atoms with E-state index in [9.17, 15) is 13.6 Å². The Bertz CT molecular complexity index is 822. The zero-order chi connectivity index (χ0) is 27.2. The molecule has 2 rings (SSSR count). The molecular formula is C27H47BF2NO2S. The Kier molecular flexibility index (Phi) is 16.8. The molecule has 3 nitrogen and oxygen atoms in total. The molecule has 0 saturated heterocycles. The van der Waals surface area contributed by atoms with Crippen molar-refractivity contribution >= 4 is 42.8 Å². The van der Waals surface area contributed by atoms with Gasteiger partial charge in [-0.05, 0) is 39.8 Å². The molecule has 34 heavy (non-hydrogen) atoms. The zero-order valence-electron chi connectivity index (χ0n) is 23.3. The van der Waals surface area contributed by atoms with Crippen molar-refractivity contribution in [2.24, 2.45) is 7.05 Å². The summed E-state index contributed by atoms with van der Waals surface area (Å²) in [7, 11) is 3.64. The molecule has 2 aromatic rings. The van der Waals surface area contributed by atoms with Crippen molar-refractivity contribution in [3.05, 3.63) is 30.0 Å². The summed E-state index contributed by atoms with van der Waals surface area (Å²) >= 11 is 4.58. The maximum atomic E-state index is 11.9. The van der Waals surface area contributed by atoms with Crippen LogP contribution in [0.15, 0.2) is 24.3 Å². The number of aromatic nitrogens is 1. The molecule has 0 bridgehead atoms. The molecule has 195 valence electrons. The summed E-state index contributed by atoms with van der Waals surface area (Å²) in [6.45, 7) is 19.4. The van der Waals surface area contributed by atoms with Gasteiger partial charge in [-0.3, -0.25) is 4.79 Å². The molecule has 1 aromatic carbocycles. The molecule has 0 atom stereocenters. The summed E-state index contributed by atoms with van der Waals surface area (Å²) in [6.07, 6.45) is 3.43. The highest BCUT2D eigenvalue weighted by molar-refractivity contribution is 7.81. The van der Waals surface area contributed by atoms with Gasteiger partial charge in [0.25, 0.3) is 0 Å². The van der Waals surface area contributed by atoms with Crippen LogP contribution < -0.4 is 5.46 Å². The molecule has 0 saturated carbocycles. The molecule has 0 aliphatic heterocycles. The van der Waals surface area contributed by atoms with Crippen LogP contribution in [-0.2, 0) is 11.7 Å². The SMILES string of the molecule is CC.CCC(F)(F)CC.CCCC.Cn1c(C=O)cc2ccc([B]OC(C)(C)C(C)(C)S)cc21. The van der Waals surface area contributed by atoms with Gasteiger partial charge in [-0.2, -0.15) is 12.6 Å². The molecule has 7 heteroatoms. The van der Waals surface area contributed by atoms with Gasteiger partial charge in [-0.1, -0.05) is 72.0 Å². The Morgan fingerprint density at radius 2 is 1.50 bits per heavy atom. The van der Waals surface area contributed by atoms with Crippen LogP contribution in [-0.4, -0.2) is 34.6 Å². The summed E-state index contributed by atoms with van der Waals surface area (Å²) in [6, 6.07) is 7.88. The zero-order valence-corrected chi connectivity index (χ0v) is 24.2. The van der Waals surface area contributed by atoms with Gasteiger partial charge >= 0.3 is 7.48 Å². The Labute approximate surface area is 213 Å². The average molecular weight is 499 g/mol. The number of halogens is 2. The number of fused-ring (bicyclic) bond motifs is 1. The topological polar surface area (TPSA) is 31.2 Å². The van der Waals surface area contributed by atoms with E-state index in [4.69, 9.17) is 4.65 Å². The Morgan fingerprint density at radius 1 is 1.00 bits per heavy atom. The number of rotatable bonds is 8. The molecule has 0 N–H and O–H groups in total. The molecule has 0 aliphatic rings. The number of carbonyl (C=O) groups is 1. The second-order valence-corrected chi connectivity index (χ2v) is 10.1. The highest BCUT2D eigenvalue weighted by Crippen LogP contribution is 2.30. The number of nitrogens with zero attached hydrogens (tertiary/aromatic N) is 1. The monoisotopic (exact) mass is 498 g/mol. The summed E-state index contributed by atoms with van der Waals surface area (Å²) in [4.78, 5) is 11.0. The fourth-order valence-corrected chi connectivity index (χ4v) is 2.22. The predicted octanol–water partition coefficient (Wildman–Crippen LogP) is 8.01. The number of hydrogen-bond acceptors (Lipinski definition) is 3. The minimum Gasteiger partial charge on any atom is -0.428 e. The van der Waals surface area contributed by atoms with Crippen LogP contribution in [0.4, 0.5) is 8.78 Å². The fourth-order valence-electron chi connectivity index (χ4n) is 2.16. The number of hydrogen-bond donors (Lipinski definition) is 1. The number of aldehydes is 1. The lowest BCUT2D eigenvalue weighted by Crippen LogP contribution is -2.45.